The van der Waals surface area contributed by atoms with E-state index in [-0.39, 0.29) is 12.5 Å². The van der Waals surface area contributed by atoms with Crippen LogP contribution in [0.3, 0.4) is 0 Å². The molecule has 1 N–H and O–H groups in total. The Balaban J connectivity index is 1.60. The molecule has 0 aliphatic carbocycles. The summed E-state index contributed by atoms with van der Waals surface area (Å²) in [4.78, 5) is 12.5. The van der Waals surface area contributed by atoms with Gasteiger partial charge in [0.15, 0.2) is 0 Å². The number of nitrogens with zero attached hydrogens (tertiary/aromatic N) is 1. The number of anilines is 1. The molecule has 0 saturated carbocycles. The topological polar surface area (TPSA) is 75.7 Å². The molecule has 3 aromatic rings. The minimum absolute atomic E-state index is 0.229. The fourth-order valence-electron chi connectivity index (χ4n) is 3.36. The lowest BCUT2D eigenvalue weighted by atomic mass is 10.1. The lowest BCUT2D eigenvalue weighted by Gasteiger charge is -2.23. The summed E-state index contributed by atoms with van der Waals surface area (Å²) in [6.07, 6.45) is 1.18. The summed E-state index contributed by atoms with van der Waals surface area (Å²) in [5.41, 5.74) is 5.26. The minimum atomic E-state index is -3.50. The van der Waals surface area contributed by atoms with Crippen LogP contribution < -0.4 is 14.4 Å². The summed E-state index contributed by atoms with van der Waals surface area (Å²) in [5, 5.41) is 2.83. The summed E-state index contributed by atoms with van der Waals surface area (Å²) in [7, 11) is -3.50. The number of aryl methyl sites for hydroxylation is 3. The molecule has 0 aliphatic heterocycles. The Hall–Kier alpha value is -3.32. The first-order valence-corrected chi connectivity index (χ1v) is 12.6. The average Bonchev–Trinajstić information content (AvgIpc) is 2.77. The van der Waals surface area contributed by atoms with Gasteiger partial charge >= 0.3 is 0 Å². The molecule has 33 heavy (non-hydrogen) atoms. The zero-order valence-electron chi connectivity index (χ0n) is 19.5. The Labute approximate surface area is 196 Å². The van der Waals surface area contributed by atoms with Crippen molar-refractivity contribution >= 4 is 21.6 Å². The zero-order chi connectivity index (χ0) is 24.0. The Kier molecular flexibility index (Phi) is 7.76. The van der Waals surface area contributed by atoms with E-state index in [1.807, 2.05) is 63.2 Å². The first-order chi connectivity index (χ1) is 15.6. The van der Waals surface area contributed by atoms with Crippen LogP contribution >= 0.6 is 0 Å². The smallest absolute Gasteiger partial charge is 0.251 e. The minimum Gasteiger partial charge on any atom is -0.492 e. The van der Waals surface area contributed by atoms with Gasteiger partial charge in [0.25, 0.3) is 5.91 Å². The van der Waals surface area contributed by atoms with E-state index >= 15 is 0 Å². The van der Waals surface area contributed by atoms with Crippen molar-refractivity contribution in [2.45, 2.75) is 27.3 Å². The van der Waals surface area contributed by atoms with Gasteiger partial charge in [0.2, 0.25) is 10.0 Å². The van der Waals surface area contributed by atoms with E-state index < -0.39 is 10.0 Å². The Bertz CT molecular complexity index is 1220. The molecule has 0 aromatic heterocycles. The van der Waals surface area contributed by atoms with Crippen LogP contribution in [0.25, 0.3) is 0 Å². The van der Waals surface area contributed by atoms with Crippen LogP contribution in [0.15, 0.2) is 66.7 Å². The molecule has 7 heteroatoms. The molecule has 6 nitrogen and oxygen atoms in total. The number of benzene rings is 3. The molecule has 0 atom stereocenters. The number of nitrogens with one attached hydrogen (secondary N) is 1. The number of rotatable bonds is 9. The van der Waals surface area contributed by atoms with Gasteiger partial charge in [-0.2, -0.15) is 0 Å². The summed E-state index contributed by atoms with van der Waals surface area (Å²) in [6, 6.07) is 20.1. The van der Waals surface area contributed by atoms with Crippen molar-refractivity contribution < 1.29 is 17.9 Å². The van der Waals surface area contributed by atoms with Crippen LogP contribution in [0.1, 0.15) is 32.6 Å². The number of carbonyl (C=O) groups excluding carboxylic acids is 1. The second-order valence-corrected chi connectivity index (χ2v) is 10.0. The van der Waals surface area contributed by atoms with Crippen LogP contribution in [0.2, 0.25) is 0 Å². The number of carbonyl (C=O) groups is 1. The highest BCUT2D eigenvalue weighted by Gasteiger charge is 2.19. The van der Waals surface area contributed by atoms with Gasteiger partial charge in [-0.3, -0.25) is 9.10 Å². The molecule has 0 spiro atoms. The van der Waals surface area contributed by atoms with Crippen molar-refractivity contribution in [3.63, 3.8) is 0 Å². The monoisotopic (exact) mass is 466 g/mol. The van der Waals surface area contributed by atoms with Gasteiger partial charge in [0, 0.05) is 5.56 Å². The Morgan fingerprint density at radius 1 is 0.909 bits per heavy atom. The van der Waals surface area contributed by atoms with Crippen LogP contribution in [0.5, 0.6) is 5.75 Å². The molecule has 0 saturated heterocycles. The lowest BCUT2D eigenvalue weighted by Crippen LogP contribution is -2.30. The largest absolute Gasteiger partial charge is 0.492 e. The SMILES string of the molecule is Cc1ccc(OCCNC(=O)c2ccc(N(Cc3ccccc3C)S(C)(=O)=O)cc2)cc1C. The van der Waals surface area contributed by atoms with E-state index in [1.165, 1.54) is 16.1 Å². The van der Waals surface area contributed by atoms with Crippen molar-refractivity contribution in [3.8, 4) is 5.75 Å². The van der Waals surface area contributed by atoms with E-state index in [2.05, 4.69) is 5.32 Å². The highest BCUT2D eigenvalue weighted by atomic mass is 32.2. The van der Waals surface area contributed by atoms with Crippen LogP contribution in [-0.4, -0.2) is 33.7 Å². The molecule has 0 heterocycles. The molecule has 3 rings (SSSR count). The van der Waals surface area contributed by atoms with Crippen LogP contribution in [0.4, 0.5) is 5.69 Å². The van der Waals surface area contributed by atoms with Gasteiger partial charge < -0.3 is 10.1 Å². The van der Waals surface area contributed by atoms with Crippen molar-refractivity contribution in [1.29, 1.82) is 0 Å². The Morgan fingerprint density at radius 3 is 2.24 bits per heavy atom. The van der Waals surface area contributed by atoms with Crippen molar-refractivity contribution in [2.75, 3.05) is 23.7 Å². The molecule has 3 aromatic carbocycles. The lowest BCUT2D eigenvalue weighted by molar-refractivity contribution is 0.0947. The van der Waals surface area contributed by atoms with E-state index in [4.69, 9.17) is 4.74 Å². The van der Waals surface area contributed by atoms with E-state index in [9.17, 15) is 13.2 Å². The summed E-state index contributed by atoms with van der Waals surface area (Å²) in [5.74, 6) is 0.529. The third-order valence-corrected chi connectivity index (χ3v) is 6.67. The molecular weight excluding hydrogens is 436 g/mol. The van der Waals surface area contributed by atoms with Crippen molar-refractivity contribution in [2.24, 2.45) is 0 Å². The van der Waals surface area contributed by atoms with Crippen LogP contribution in [0, 0.1) is 20.8 Å². The molecule has 0 aliphatic rings. The van der Waals surface area contributed by atoms with E-state index in [0.29, 0.717) is 24.4 Å². The quantitative estimate of drug-likeness (QED) is 0.475. The van der Waals surface area contributed by atoms with Crippen molar-refractivity contribution in [1.82, 2.24) is 5.32 Å². The predicted molar refractivity (Wildman–Crippen MR) is 132 cm³/mol. The first kappa shape index (κ1) is 24.3. The molecule has 0 unspecified atom stereocenters. The third-order valence-electron chi connectivity index (χ3n) is 5.53. The third kappa shape index (κ3) is 6.58. The maximum atomic E-state index is 12.5. The second-order valence-electron chi connectivity index (χ2n) is 8.09. The van der Waals surface area contributed by atoms with Crippen LogP contribution in [-0.2, 0) is 16.6 Å². The highest BCUT2D eigenvalue weighted by Crippen LogP contribution is 2.22. The normalized spacial score (nSPS) is 11.2. The number of ether oxygens (including phenoxy) is 1. The summed E-state index contributed by atoms with van der Waals surface area (Å²) < 4.78 is 31.9. The highest BCUT2D eigenvalue weighted by molar-refractivity contribution is 7.92. The Morgan fingerprint density at radius 2 is 1.61 bits per heavy atom. The van der Waals surface area contributed by atoms with Gasteiger partial charge in [0.1, 0.15) is 12.4 Å². The maximum Gasteiger partial charge on any atom is 0.251 e. The standard InChI is InChI=1S/C26H30N2O4S/c1-19-9-14-25(17-21(19)3)32-16-15-27-26(29)22-10-12-24(13-11-22)28(33(4,30)31)18-23-8-6-5-7-20(23)2/h5-14,17H,15-16,18H2,1-4H3,(H,27,29). The molecule has 0 fully saturated rings. The number of hydrogen-bond donors (Lipinski definition) is 1. The number of sulfonamides is 1. The fourth-order valence-corrected chi connectivity index (χ4v) is 4.24. The van der Waals surface area contributed by atoms with Gasteiger partial charge in [-0.25, -0.2) is 8.42 Å². The average molecular weight is 467 g/mol. The predicted octanol–water partition coefficient (Wildman–Crippen LogP) is 4.39. The van der Waals surface area contributed by atoms with Gasteiger partial charge in [-0.1, -0.05) is 30.3 Å². The van der Waals surface area contributed by atoms with Gasteiger partial charge in [-0.05, 0) is 79.4 Å². The first-order valence-electron chi connectivity index (χ1n) is 10.8. The van der Waals surface area contributed by atoms with E-state index in [1.54, 1.807) is 24.3 Å². The van der Waals surface area contributed by atoms with E-state index in [0.717, 1.165) is 22.4 Å². The summed E-state index contributed by atoms with van der Waals surface area (Å²) >= 11 is 0. The second kappa shape index (κ2) is 10.5. The maximum absolute atomic E-state index is 12.5. The fraction of sp³-hybridized carbons (Fsp3) is 0.269. The summed E-state index contributed by atoms with van der Waals surface area (Å²) in [6.45, 7) is 6.96. The molecule has 174 valence electrons. The van der Waals surface area contributed by atoms with Gasteiger partial charge in [-0.15, -0.1) is 0 Å². The molecule has 0 radical (unpaired) electrons. The molecule has 1 amide bonds. The van der Waals surface area contributed by atoms with Gasteiger partial charge in [0.05, 0.1) is 25.0 Å². The zero-order valence-corrected chi connectivity index (χ0v) is 20.3. The number of amides is 1. The molecular formula is C26H30N2O4S. The number of hydrogen-bond acceptors (Lipinski definition) is 4. The molecule has 0 bridgehead atoms. The van der Waals surface area contributed by atoms with Crippen molar-refractivity contribution in [3.05, 3.63) is 94.5 Å².